The molecule has 19 heavy (non-hydrogen) atoms. The summed E-state index contributed by atoms with van der Waals surface area (Å²) in [5.41, 5.74) is 6.61. The Morgan fingerprint density at radius 2 is 2.05 bits per heavy atom. The van der Waals surface area contributed by atoms with Gasteiger partial charge < -0.3 is 11.1 Å². The number of hydrogen-bond acceptors (Lipinski definition) is 5. The zero-order valence-electron chi connectivity index (χ0n) is 11.1. The molecule has 6 nitrogen and oxygen atoms in total. The number of anilines is 2. The van der Waals surface area contributed by atoms with E-state index in [1.54, 1.807) is 18.4 Å². The van der Waals surface area contributed by atoms with Gasteiger partial charge in [-0.15, -0.1) is 0 Å². The summed E-state index contributed by atoms with van der Waals surface area (Å²) in [4.78, 5) is 0.0484. The number of hydrogen-bond donors (Lipinski definition) is 3. The first kappa shape index (κ1) is 15.9. The van der Waals surface area contributed by atoms with Crippen LogP contribution in [0.3, 0.4) is 0 Å². The largest absolute Gasteiger partial charge is 0.398 e. The number of rotatable bonds is 6. The van der Waals surface area contributed by atoms with Gasteiger partial charge in [0.05, 0.1) is 5.69 Å². The average Bonchev–Trinajstić information content (AvgIpc) is 2.27. The highest BCUT2D eigenvalue weighted by Gasteiger charge is 2.15. The van der Waals surface area contributed by atoms with E-state index >= 15 is 0 Å². The Labute approximate surface area is 116 Å². The number of sulfonamides is 1. The minimum Gasteiger partial charge on any atom is -0.398 e. The maximum absolute atomic E-state index is 11.6. The summed E-state index contributed by atoms with van der Waals surface area (Å²) in [6, 6.07) is 4.64. The van der Waals surface area contributed by atoms with Crippen molar-refractivity contribution in [1.82, 2.24) is 4.72 Å². The highest BCUT2D eigenvalue weighted by atomic mass is 32.2. The molecule has 0 saturated heterocycles. The van der Waals surface area contributed by atoms with Crippen LogP contribution >= 0.6 is 0 Å². The standard InChI is InChI=1S/C11H19N3O3S2/c1-8(7-18(3)15)14-9-4-5-11(10(12)6-9)19(16,17)13-2/h4-6,8,13-14H,7,12H2,1-3H3. The molecule has 4 N–H and O–H groups in total. The third kappa shape index (κ3) is 4.48. The lowest BCUT2D eigenvalue weighted by Crippen LogP contribution is -2.23. The van der Waals surface area contributed by atoms with Gasteiger partial charge in [-0.1, -0.05) is 0 Å². The van der Waals surface area contributed by atoms with E-state index in [1.807, 2.05) is 6.92 Å². The monoisotopic (exact) mass is 305 g/mol. The third-order valence-electron chi connectivity index (χ3n) is 2.47. The molecule has 2 unspecified atom stereocenters. The summed E-state index contributed by atoms with van der Waals surface area (Å²) >= 11 is 0. The lowest BCUT2D eigenvalue weighted by molar-refractivity contribution is 0.588. The molecule has 0 bridgehead atoms. The highest BCUT2D eigenvalue weighted by molar-refractivity contribution is 7.89. The van der Waals surface area contributed by atoms with Crippen LogP contribution in [0.1, 0.15) is 6.92 Å². The fraction of sp³-hybridized carbons (Fsp3) is 0.455. The molecular formula is C11H19N3O3S2. The molecule has 0 saturated carbocycles. The van der Waals surface area contributed by atoms with Gasteiger partial charge in [0, 0.05) is 34.5 Å². The van der Waals surface area contributed by atoms with Gasteiger partial charge in [0.2, 0.25) is 10.0 Å². The van der Waals surface area contributed by atoms with Gasteiger partial charge in [-0.2, -0.15) is 0 Å². The minimum absolute atomic E-state index is 0.0111. The smallest absolute Gasteiger partial charge is 0.242 e. The number of nitrogen functional groups attached to an aromatic ring is 1. The molecule has 1 aromatic carbocycles. The molecule has 0 aliphatic heterocycles. The first-order chi connectivity index (χ1) is 8.76. The Morgan fingerprint density at radius 3 is 2.53 bits per heavy atom. The van der Waals surface area contributed by atoms with Crippen molar-refractivity contribution in [3.8, 4) is 0 Å². The van der Waals surface area contributed by atoms with Crippen molar-refractivity contribution in [1.29, 1.82) is 0 Å². The van der Waals surface area contributed by atoms with Crippen LogP contribution in [0.2, 0.25) is 0 Å². The van der Waals surface area contributed by atoms with Gasteiger partial charge in [0.15, 0.2) is 0 Å². The lowest BCUT2D eigenvalue weighted by Gasteiger charge is -2.15. The summed E-state index contributed by atoms with van der Waals surface area (Å²) in [6.45, 7) is 1.90. The predicted molar refractivity (Wildman–Crippen MR) is 79.1 cm³/mol. The van der Waals surface area contributed by atoms with Gasteiger partial charge in [-0.05, 0) is 32.2 Å². The molecule has 1 aromatic rings. The van der Waals surface area contributed by atoms with Crippen LogP contribution in [0, 0.1) is 0 Å². The van der Waals surface area contributed by atoms with Crippen molar-refractivity contribution < 1.29 is 12.6 Å². The fourth-order valence-electron chi connectivity index (χ4n) is 1.67. The second-order valence-corrected chi connectivity index (χ2v) is 7.58. The Kier molecular flexibility index (Phi) is 5.33. The summed E-state index contributed by atoms with van der Waals surface area (Å²) in [5, 5.41) is 3.12. The van der Waals surface area contributed by atoms with Crippen LogP contribution < -0.4 is 15.8 Å². The minimum atomic E-state index is -3.54. The zero-order chi connectivity index (χ0) is 14.6. The van der Waals surface area contributed by atoms with E-state index in [0.29, 0.717) is 11.4 Å². The third-order valence-corrected chi connectivity index (χ3v) is 4.92. The van der Waals surface area contributed by atoms with Crippen molar-refractivity contribution in [2.24, 2.45) is 0 Å². The zero-order valence-corrected chi connectivity index (χ0v) is 12.8. The summed E-state index contributed by atoms with van der Waals surface area (Å²) in [5.74, 6) is 0.510. The van der Waals surface area contributed by atoms with E-state index in [-0.39, 0.29) is 16.6 Å². The summed E-state index contributed by atoms with van der Waals surface area (Å²) in [6.07, 6.45) is 1.63. The summed E-state index contributed by atoms with van der Waals surface area (Å²) in [7, 11) is -3.11. The van der Waals surface area contributed by atoms with Crippen molar-refractivity contribution in [3.05, 3.63) is 18.2 Å². The van der Waals surface area contributed by atoms with Crippen LogP contribution in [0.5, 0.6) is 0 Å². The molecule has 8 heteroatoms. The molecule has 0 fully saturated rings. The predicted octanol–water partition coefficient (Wildman–Crippen LogP) is 0.356. The molecule has 1 rings (SSSR count). The fourth-order valence-corrected chi connectivity index (χ4v) is 3.29. The summed E-state index contributed by atoms with van der Waals surface area (Å²) < 4.78 is 36.6. The van der Waals surface area contributed by atoms with E-state index in [9.17, 15) is 12.6 Å². The molecule has 0 spiro atoms. The van der Waals surface area contributed by atoms with Gasteiger partial charge >= 0.3 is 0 Å². The average molecular weight is 305 g/mol. The Hall–Kier alpha value is -1.12. The van der Waals surface area contributed by atoms with E-state index in [2.05, 4.69) is 10.0 Å². The SMILES string of the molecule is CNS(=O)(=O)c1ccc(NC(C)CS(C)=O)cc1N. The van der Waals surface area contributed by atoms with Crippen LogP contribution in [0.15, 0.2) is 23.1 Å². The maximum Gasteiger partial charge on any atom is 0.242 e. The number of benzene rings is 1. The Balaban J connectivity index is 2.92. The van der Waals surface area contributed by atoms with E-state index in [0.717, 1.165) is 0 Å². The Bertz CT molecular complexity index is 573. The first-order valence-electron chi connectivity index (χ1n) is 5.66. The second-order valence-electron chi connectivity index (χ2n) is 4.25. The normalized spacial score (nSPS) is 14.9. The van der Waals surface area contributed by atoms with Crippen LogP contribution in [0.25, 0.3) is 0 Å². The van der Waals surface area contributed by atoms with E-state index in [1.165, 1.54) is 13.1 Å². The van der Waals surface area contributed by atoms with E-state index in [4.69, 9.17) is 5.73 Å². The molecule has 0 aliphatic rings. The lowest BCUT2D eigenvalue weighted by atomic mass is 10.2. The van der Waals surface area contributed by atoms with Crippen molar-refractivity contribution in [2.45, 2.75) is 17.9 Å². The van der Waals surface area contributed by atoms with Gasteiger partial charge in [0.25, 0.3) is 0 Å². The van der Waals surface area contributed by atoms with Crippen molar-refractivity contribution in [2.75, 3.05) is 30.1 Å². The van der Waals surface area contributed by atoms with Gasteiger partial charge in [-0.3, -0.25) is 4.21 Å². The van der Waals surface area contributed by atoms with Crippen molar-refractivity contribution in [3.63, 3.8) is 0 Å². The van der Waals surface area contributed by atoms with Crippen LogP contribution in [-0.4, -0.2) is 37.7 Å². The maximum atomic E-state index is 11.6. The molecule has 0 radical (unpaired) electrons. The van der Waals surface area contributed by atoms with Crippen LogP contribution in [0.4, 0.5) is 11.4 Å². The quantitative estimate of drug-likeness (QED) is 0.659. The van der Waals surface area contributed by atoms with Gasteiger partial charge in [-0.25, -0.2) is 13.1 Å². The topological polar surface area (TPSA) is 101 Å². The Morgan fingerprint density at radius 1 is 1.42 bits per heavy atom. The van der Waals surface area contributed by atoms with Crippen LogP contribution in [-0.2, 0) is 20.8 Å². The first-order valence-corrected chi connectivity index (χ1v) is 8.87. The molecule has 2 atom stereocenters. The molecule has 0 aromatic heterocycles. The molecule has 0 aliphatic carbocycles. The number of nitrogens with one attached hydrogen (secondary N) is 2. The highest BCUT2D eigenvalue weighted by Crippen LogP contribution is 2.22. The second kappa shape index (κ2) is 6.36. The molecule has 0 amide bonds. The number of nitrogens with two attached hydrogens (primary N) is 1. The van der Waals surface area contributed by atoms with E-state index < -0.39 is 20.8 Å². The molecule has 0 heterocycles. The molecule has 108 valence electrons. The van der Waals surface area contributed by atoms with Crippen molar-refractivity contribution >= 4 is 32.2 Å². The van der Waals surface area contributed by atoms with Gasteiger partial charge in [0.1, 0.15) is 4.90 Å². The molecular weight excluding hydrogens is 286 g/mol.